The second-order valence-corrected chi connectivity index (χ2v) is 6.78. The summed E-state index contributed by atoms with van der Waals surface area (Å²) in [6.07, 6.45) is 0. The summed E-state index contributed by atoms with van der Waals surface area (Å²) in [6, 6.07) is 11.3. The number of aromatic nitrogens is 3. The first kappa shape index (κ1) is 20.3. The molecule has 0 saturated carbocycles. The van der Waals surface area contributed by atoms with Crippen LogP contribution in [0.15, 0.2) is 58.8 Å². The zero-order valence-corrected chi connectivity index (χ0v) is 16.1. The van der Waals surface area contributed by atoms with Gasteiger partial charge in [-0.2, -0.15) is 5.10 Å². The Morgan fingerprint density at radius 2 is 1.72 bits per heavy atom. The van der Waals surface area contributed by atoms with Crippen molar-refractivity contribution in [3.8, 4) is 0 Å². The number of carbonyl (C=O) groups is 1. The summed E-state index contributed by atoms with van der Waals surface area (Å²) in [5.41, 5.74) is 4.50. The summed E-state index contributed by atoms with van der Waals surface area (Å²) in [4.78, 5) is 12.0. The fourth-order valence-corrected chi connectivity index (χ4v) is 2.86. The minimum absolute atomic E-state index is 0.0323. The number of nitrogens with zero attached hydrogens (tertiary/aromatic N) is 4. The van der Waals surface area contributed by atoms with Gasteiger partial charge in [0.25, 0.3) is 5.95 Å². The first-order chi connectivity index (χ1) is 13.9. The normalized spacial score (nSPS) is 11.3. The Labute approximate surface area is 169 Å². The molecular weight excluding hydrogens is 400 g/mol. The van der Waals surface area contributed by atoms with E-state index in [0.717, 1.165) is 22.0 Å². The number of anilines is 2. The van der Waals surface area contributed by atoms with E-state index < -0.39 is 0 Å². The van der Waals surface area contributed by atoms with Crippen molar-refractivity contribution in [3.05, 3.63) is 65.7 Å². The maximum Gasteiger partial charge on any atom is 0.264 e. The molecule has 2 aromatic carbocycles. The van der Waals surface area contributed by atoms with Gasteiger partial charge in [0.2, 0.25) is 11.1 Å². The number of thioether (sulfide) groups is 1. The van der Waals surface area contributed by atoms with Crippen LogP contribution in [0.2, 0.25) is 0 Å². The molecule has 0 aliphatic rings. The lowest BCUT2D eigenvalue weighted by molar-refractivity contribution is -0.113. The van der Waals surface area contributed by atoms with Gasteiger partial charge in [-0.05, 0) is 48.9 Å². The number of carbonyl (C=O) groups excluding carboxylic acids is 1. The number of amides is 1. The molecule has 0 radical (unpaired) electrons. The van der Waals surface area contributed by atoms with Crippen molar-refractivity contribution in [2.45, 2.75) is 12.1 Å². The minimum atomic E-state index is -0.383. The standard InChI is InChI=1S/C18H17F2N7OS/c1-11(12-2-4-13(19)5-3-12)23-24-17-25-26-18(27(17)21)29-10-16(28)22-15-8-6-14(20)7-9-15/h2-9H,10,21H2,1H3,(H,22,28)(H,24,25)/b23-11+. The second kappa shape index (κ2) is 9.15. The summed E-state index contributed by atoms with van der Waals surface area (Å²) in [6.45, 7) is 1.74. The number of halogens is 2. The topological polar surface area (TPSA) is 110 Å². The van der Waals surface area contributed by atoms with Gasteiger partial charge in [-0.3, -0.25) is 4.79 Å². The quantitative estimate of drug-likeness (QED) is 0.236. The van der Waals surface area contributed by atoms with Crippen molar-refractivity contribution in [3.63, 3.8) is 0 Å². The van der Waals surface area contributed by atoms with E-state index in [1.54, 1.807) is 19.1 Å². The molecular formula is C18H17F2N7OS. The molecule has 1 heterocycles. The third kappa shape index (κ3) is 5.51. The zero-order valence-electron chi connectivity index (χ0n) is 15.3. The number of nitrogen functional groups attached to an aromatic ring is 1. The van der Waals surface area contributed by atoms with E-state index in [2.05, 4.69) is 26.0 Å². The molecule has 0 fully saturated rings. The molecule has 1 aromatic heterocycles. The molecule has 0 spiro atoms. The first-order valence-electron chi connectivity index (χ1n) is 8.37. The van der Waals surface area contributed by atoms with Crippen LogP contribution in [0.3, 0.4) is 0 Å². The highest BCUT2D eigenvalue weighted by molar-refractivity contribution is 7.99. The molecule has 3 aromatic rings. The second-order valence-electron chi connectivity index (χ2n) is 5.84. The van der Waals surface area contributed by atoms with Crippen molar-refractivity contribution in [2.75, 3.05) is 22.3 Å². The molecule has 0 saturated heterocycles. The summed E-state index contributed by atoms with van der Waals surface area (Å²) in [7, 11) is 0. The van der Waals surface area contributed by atoms with E-state index in [4.69, 9.17) is 5.84 Å². The van der Waals surface area contributed by atoms with Crippen LogP contribution in [0.1, 0.15) is 12.5 Å². The van der Waals surface area contributed by atoms with Crippen molar-refractivity contribution >= 4 is 35.0 Å². The minimum Gasteiger partial charge on any atom is -0.334 e. The van der Waals surface area contributed by atoms with Gasteiger partial charge in [-0.1, -0.05) is 23.9 Å². The Kier molecular flexibility index (Phi) is 6.39. The Balaban J connectivity index is 1.56. The van der Waals surface area contributed by atoms with Gasteiger partial charge in [0, 0.05) is 5.69 Å². The Bertz CT molecular complexity index is 1020. The molecule has 3 rings (SSSR count). The molecule has 0 unspecified atom stereocenters. The van der Waals surface area contributed by atoms with Crippen LogP contribution in [-0.4, -0.2) is 32.2 Å². The summed E-state index contributed by atoms with van der Waals surface area (Å²) in [5.74, 6) is 5.11. The Hall–Kier alpha value is -3.47. The van der Waals surface area contributed by atoms with E-state index in [0.29, 0.717) is 16.6 Å². The van der Waals surface area contributed by atoms with Crippen molar-refractivity contribution < 1.29 is 13.6 Å². The lowest BCUT2D eigenvalue weighted by Gasteiger charge is -2.06. The van der Waals surface area contributed by atoms with Gasteiger partial charge in [0.05, 0.1) is 11.5 Å². The monoisotopic (exact) mass is 417 g/mol. The number of hydrazone groups is 1. The molecule has 0 atom stereocenters. The predicted molar refractivity (Wildman–Crippen MR) is 108 cm³/mol. The summed E-state index contributed by atoms with van der Waals surface area (Å²) in [5, 5.41) is 14.9. The zero-order chi connectivity index (χ0) is 20.8. The molecule has 8 nitrogen and oxygen atoms in total. The van der Waals surface area contributed by atoms with Crippen LogP contribution < -0.4 is 16.6 Å². The summed E-state index contributed by atoms with van der Waals surface area (Å²) < 4.78 is 27.0. The maximum atomic E-state index is 13.0. The smallest absolute Gasteiger partial charge is 0.264 e. The Morgan fingerprint density at radius 3 is 2.38 bits per heavy atom. The van der Waals surface area contributed by atoms with Crippen molar-refractivity contribution in [1.29, 1.82) is 0 Å². The van der Waals surface area contributed by atoms with Gasteiger partial charge in [-0.15, -0.1) is 10.2 Å². The first-order valence-corrected chi connectivity index (χ1v) is 9.36. The van der Waals surface area contributed by atoms with E-state index >= 15 is 0 Å². The fraction of sp³-hybridized carbons (Fsp3) is 0.111. The van der Waals surface area contributed by atoms with Crippen LogP contribution in [0, 0.1) is 11.6 Å². The fourth-order valence-electron chi connectivity index (χ4n) is 2.20. The summed E-state index contributed by atoms with van der Waals surface area (Å²) >= 11 is 1.08. The average Bonchev–Trinajstić information content (AvgIpc) is 3.06. The van der Waals surface area contributed by atoms with Gasteiger partial charge < -0.3 is 11.2 Å². The third-order valence-electron chi connectivity index (χ3n) is 3.71. The van der Waals surface area contributed by atoms with Crippen LogP contribution in [0.4, 0.5) is 20.4 Å². The van der Waals surface area contributed by atoms with E-state index in [9.17, 15) is 13.6 Å². The third-order valence-corrected chi connectivity index (χ3v) is 4.65. The number of nitrogens with one attached hydrogen (secondary N) is 2. The number of benzene rings is 2. The molecule has 1 amide bonds. The molecule has 0 aliphatic carbocycles. The number of nitrogens with two attached hydrogens (primary N) is 1. The van der Waals surface area contributed by atoms with Gasteiger partial charge in [0.1, 0.15) is 11.6 Å². The van der Waals surface area contributed by atoms with Gasteiger partial charge >= 0.3 is 0 Å². The molecule has 11 heteroatoms. The average molecular weight is 417 g/mol. The van der Waals surface area contributed by atoms with Crippen LogP contribution >= 0.6 is 11.8 Å². The largest absolute Gasteiger partial charge is 0.334 e. The van der Waals surface area contributed by atoms with Crippen molar-refractivity contribution in [2.24, 2.45) is 5.10 Å². The lowest BCUT2D eigenvalue weighted by Crippen LogP contribution is -2.17. The highest BCUT2D eigenvalue weighted by Gasteiger charge is 2.12. The number of rotatable bonds is 7. The van der Waals surface area contributed by atoms with Gasteiger partial charge in [-0.25, -0.2) is 18.9 Å². The van der Waals surface area contributed by atoms with E-state index in [1.165, 1.54) is 36.4 Å². The highest BCUT2D eigenvalue weighted by Crippen LogP contribution is 2.17. The predicted octanol–water partition coefficient (Wildman–Crippen LogP) is 2.84. The lowest BCUT2D eigenvalue weighted by atomic mass is 10.1. The molecule has 150 valence electrons. The SMILES string of the molecule is C/C(=N\Nc1nnc(SCC(=O)Nc2ccc(F)cc2)n1N)c1ccc(F)cc1. The molecule has 0 bridgehead atoms. The van der Waals surface area contributed by atoms with Gasteiger partial charge in [0.15, 0.2) is 0 Å². The van der Waals surface area contributed by atoms with Crippen LogP contribution in [0.25, 0.3) is 0 Å². The Morgan fingerprint density at radius 1 is 1.10 bits per heavy atom. The van der Waals surface area contributed by atoms with E-state index in [1.807, 2.05) is 0 Å². The molecule has 0 aliphatic heterocycles. The molecule has 4 N–H and O–H groups in total. The molecule has 29 heavy (non-hydrogen) atoms. The van der Waals surface area contributed by atoms with Crippen molar-refractivity contribution in [1.82, 2.24) is 14.9 Å². The number of hydrogen-bond acceptors (Lipinski definition) is 7. The maximum absolute atomic E-state index is 13.0. The van der Waals surface area contributed by atoms with E-state index in [-0.39, 0.29) is 29.2 Å². The highest BCUT2D eigenvalue weighted by atomic mass is 32.2. The van der Waals surface area contributed by atoms with Crippen LogP contribution in [-0.2, 0) is 4.79 Å². The van der Waals surface area contributed by atoms with Crippen LogP contribution in [0.5, 0.6) is 0 Å². The number of hydrogen-bond donors (Lipinski definition) is 3.